The van der Waals surface area contributed by atoms with Crippen LogP contribution in [0.4, 0.5) is 5.82 Å². The van der Waals surface area contributed by atoms with E-state index in [4.69, 9.17) is 15.7 Å². The molecule has 0 spiro atoms. The van der Waals surface area contributed by atoms with Crippen LogP contribution in [-0.4, -0.2) is 34.2 Å². The van der Waals surface area contributed by atoms with Crippen molar-refractivity contribution in [2.45, 2.75) is 39.2 Å². The lowest BCUT2D eigenvalue weighted by Crippen LogP contribution is -2.47. The van der Waals surface area contributed by atoms with Gasteiger partial charge in [0.05, 0.1) is 5.39 Å². The van der Waals surface area contributed by atoms with Crippen molar-refractivity contribution in [1.82, 2.24) is 14.5 Å². The SMILES string of the molecule is Cc1sc2nc(CCN)nc(N3C[C@H]4C[C@@H](C3)c3cccc(=O)n3C4)c2c1C. The maximum absolute atomic E-state index is 12.3. The number of anilines is 1. The number of hydrogen-bond donors (Lipinski definition) is 1. The number of aryl methyl sites for hydroxylation is 2. The number of rotatable bonds is 3. The van der Waals surface area contributed by atoms with E-state index >= 15 is 0 Å². The molecule has 7 heteroatoms. The van der Waals surface area contributed by atoms with E-state index in [0.29, 0.717) is 24.8 Å². The Kier molecular flexibility index (Phi) is 4.25. The van der Waals surface area contributed by atoms with Crippen molar-refractivity contribution in [1.29, 1.82) is 0 Å². The van der Waals surface area contributed by atoms with Gasteiger partial charge < -0.3 is 15.2 Å². The molecule has 2 bridgehead atoms. The van der Waals surface area contributed by atoms with Crippen LogP contribution in [0.25, 0.3) is 10.2 Å². The highest BCUT2D eigenvalue weighted by Gasteiger charge is 2.36. The lowest BCUT2D eigenvalue weighted by atomic mass is 9.83. The monoisotopic (exact) mass is 395 g/mol. The number of nitrogens with two attached hydrogens (primary N) is 1. The van der Waals surface area contributed by atoms with Gasteiger partial charge in [-0.3, -0.25) is 4.79 Å². The smallest absolute Gasteiger partial charge is 0.250 e. The van der Waals surface area contributed by atoms with Gasteiger partial charge in [0.15, 0.2) is 0 Å². The first-order valence-electron chi connectivity index (χ1n) is 9.96. The molecule has 2 aliphatic rings. The first-order valence-corrected chi connectivity index (χ1v) is 10.8. The number of fused-ring (bicyclic) bond motifs is 5. The van der Waals surface area contributed by atoms with E-state index in [1.807, 2.05) is 10.6 Å². The molecule has 0 amide bonds. The van der Waals surface area contributed by atoms with Crippen molar-refractivity contribution < 1.29 is 0 Å². The van der Waals surface area contributed by atoms with E-state index in [1.54, 1.807) is 17.4 Å². The molecular formula is C21H25N5OS. The summed E-state index contributed by atoms with van der Waals surface area (Å²) in [5.74, 6) is 2.72. The summed E-state index contributed by atoms with van der Waals surface area (Å²) >= 11 is 1.74. The second kappa shape index (κ2) is 6.67. The van der Waals surface area contributed by atoms with Crippen molar-refractivity contribution in [2.24, 2.45) is 11.7 Å². The van der Waals surface area contributed by atoms with Crippen molar-refractivity contribution >= 4 is 27.4 Å². The van der Waals surface area contributed by atoms with E-state index in [9.17, 15) is 4.79 Å². The van der Waals surface area contributed by atoms with Crippen LogP contribution in [0.1, 0.15) is 34.3 Å². The van der Waals surface area contributed by atoms with Gasteiger partial charge in [0.1, 0.15) is 16.5 Å². The van der Waals surface area contributed by atoms with Crippen molar-refractivity contribution in [3.05, 3.63) is 50.5 Å². The molecule has 0 radical (unpaired) electrons. The van der Waals surface area contributed by atoms with Crippen LogP contribution in [-0.2, 0) is 13.0 Å². The zero-order valence-electron chi connectivity index (χ0n) is 16.3. The minimum Gasteiger partial charge on any atom is -0.355 e. The van der Waals surface area contributed by atoms with Gasteiger partial charge in [-0.25, -0.2) is 9.97 Å². The molecule has 146 valence electrons. The summed E-state index contributed by atoms with van der Waals surface area (Å²) in [5.41, 5.74) is 8.36. The van der Waals surface area contributed by atoms with E-state index in [-0.39, 0.29) is 5.56 Å². The molecule has 1 saturated heterocycles. The van der Waals surface area contributed by atoms with Gasteiger partial charge in [-0.1, -0.05) is 6.07 Å². The Morgan fingerprint density at radius 2 is 2.07 bits per heavy atom. The highest BCUT2D eigenvalue weighted by atomic mass is 32.1. The molecule has 0 aliphatic carbocycles. The van der Waals surface area contributed by atoms with E-state index in [0.717, 1.165) is 42.5 Å². The number of nitrogens with zero attached hydrogens (tertiary/aromatic N) is 4. The fourth-order valence-electron chi connectivity index (χ4n) is 4.81. The van der Waals surface area contributed by atoms with Crippen molar-refractivity contribution in [3.8, 4) is 0 Å². The maximum atomic E-state index is 12.3. The Hall–Kier alpha value is -2.25. The standard InChI is InChI=1S/C21H25N5OS/c1-12-13(2)28-21-19(12)20(23-17(24-21)6-7-22)25-9-14-8-15(11-25)16-4-3-5-18(27)26(16)10-14/h3-5,14-15H,6-11,22H2,1-2H3/t14-,15+/m1/s1. The first-order chi connectivity index (χ1) is 13.5. The molecule has 5 heterocycles. The van der Waals surface area contributed by atoms with Gasteiger partial charge in [0.2, 0.25) is 0 Å². The first kappa shape index (κ1) is 17.8. The fourth-order valence-corrected chi connectivity index (χ4v) is 5.85. The van der Waals surface area contributed by atoms with Crippen molar-refractivity contribution in [3.63, 3.8) is 0 Å². The highest BCUT2D eigenvalue weighted by molar-refractivity contribution is 7.18. The second-order valence-electron chi connectivity index (χ2n) is 8.07. The molecule has 0 aromatic carbocycles. The molecule has 0 unspecified atom stereocenters. The van der Waals surface area contributed by atoms with E-state index < -0.39 is 0 Å². The number of thiophene rings is 1. The maximum Gasteiger partial charge on any atom is 0.250 e. The molecule has 3 aromatic heterocycles. The Morgan fingerprint density at radius 3 is 2.89 bits per heavy atom. The molecule has 6 nitrogen and oxygen atoms in total. The summed E-state index contributed by atoms with van der Waals surface area (Å²) in [5, 5.41) is 1.19. The number of pyridine rings is 1. The van der Waals surface area contributed by atoms with Crippen LogP contribution >= 0.6 is 11.3 Å². The van der Waals surface area contributed by atoms with Gasteiger partial charge in [0, 0.05) is 48.6 Å². The minimum absolute atomic E-state index is 0.125. The Labute approximate surface area is 168 Å². The van der Waals surface area contributed by atoms with Gasteiger partial charge in [-0.2, -0.15) is 0 Å². The number of aromatic nitrogens is 3. The minimum atomic E-state index is 0.125. The molecule has 0 saturated carbocycles. The summed E-state index contributed by atoms with van der Waals surface area (Å²) in [6.07, 6.45) is 1.84. The molecule has 2 atom stereocenters. The van der Waals surface area contributed by atoms with Crippen LogP contribution in [0.15, 0.2) is 23.0 Å². The Bertz CT molecular complexity index is 1120. The molecular weight excluding hydrogens is 370 g/mol. The number of piperidine rings is 1. The van der Waals surface area contributed by atoms with Gasteiger partial charge >= 0.3 is 0 Å². The summed E-state index contributed by atoms with van der Waals surface area (Å²) in [6.45, 7) is 7.50. The predicted octanol–water partition coefficient (Wildman–Crippen LogP) is 2.59. The van der Waals surface area contributed by atoms with Gasteiger partial charge in [-0.05, 0) is 44.4 Å². The second-order valence-corrected chi connectivity index (χ2v) is 9.27. The largest absolute Gasteiger partial charge is 0.355 e. The zero-order valence-corrected chi connectivity index (χ0v) is 17.1. The Morgan fingerprint density at radius 1 is 1.21 bits per heavy atom. The summed E-state index contributed by atoms with van der Waals surface area (Å²) < 4.78 is 1.98. The normalized spacial score (nSPS) is 21.2. The molecule has 28 heavy (non-hydrogen) atoms. The third-order valence-electron chi connectivity index (χ3n) is 6.20. The van der Waals surface area contributed by atoms with Crippen LogP contribution < -0.4 is 16.2 Å². The third-order valence-corrected chi connectivity index (χ3v) is 7.30. The quantitative estimate of drug-likeness (QED) is 0.738. The van der Waals surface area contributed by atoms with Crippen LogP contribution in [0.2, 0.25) is 0 Å². The fraction of sp³-hybridized carbons (Fsp3) is 0.476. The highest BCUT2D eigenvalue weighted by Crippen LogP contribution is 2.40. The summed E-state index contributed by atoms with van der Waals surface area (Å²) in [7, 11) is 0. The van der Waals surface area contributed by atoms with Crippen molar-refractivity contribution in [2.75, 3.05) is 24.5 Å². The Balaban J connectivity index is 1.61. The molecule has 2 N–H and O–H groups in total. The number of hydrogen-bond acceptors (Lipinski definition) is 6. The van der Waals surface area contributed by atoms with Crippen LogP contribution in [0, 0.1) is 19.8 Å². The zero-order chi connectivity index (χ0) is 19.4. The van der Waals surface area contributed by atoms with Gasteiger partial charge in [-0.15, -0.1) is 11.3 Å². The topological polar surface area (TPSA) is 77.0 Å². The summed E-state index contributed by atoms with van der Waals surface area (Å²) in [6, 6.07) is 5.68. The van der Waals surface area contributed by atoms with Crippen LogP contribution in [0.5, 0.6) is 0 Å². The van der Waals surface area contributed by atoms with E-state index in [2.05, 4.69) is 24.8 Å². The average Bonchev–Trinajstić information content (AvgIpc) is 2.96. The summed E-state index contributed by atoms with van der Waals surface area (Å²) in [4.78, 5) is 26.8. The van der Waals surface area contributed by atoms with Crippen LogP contribution in [0.3, 0.4) is 0 Å². The lowest BCUT2D eigenvalue weighted by molar-refractivity contribution is 0.281. The molecule has 2 aliphatic heterocycles. The molecule has 5 rings (SSSR count). The van der Waals surface area contributed by atoms with E-state index in [1.165, 1.54) is 21.5 Å². The molecule has 1 fully saturated rings. The third kappa shape index (κ3) is 2.76. The van der Waals surface area contributed by atoms with Gasteiger partial charge in [0.25, 0.3) is 5.56 Å². The predicted molar refractivity (Wildman–Crippen MR) is 113 cm³/mol. The molecule has 3 aromatic rings. The average molecular weight is 396 g/mol. The lowest BCUT2D eigenvalue weighted by Gasteiger charge is -2.43.